The van der Waals surface area contributed by atoms with Crippen LogP contribution in [0.25, 0.3) is 0 Å². The fraction of sp³-hybridized carbons (Fsp3) is 0.222. The Morgan fingerprint density at radius 2 is 1.65 bits per heavy atom. The van der Waals surface area contributed by atoms with Crippen molar-refractivity contribution in [3.8, 4) is 0 Å². The molecule has 0 heterocycles. The Hall–Kier alpha value is -3.00. The zero-order chi connectivity index (χ0) is 19.4. The highest BCUT2D eigenvalue weighted by Crippen LogP contribution is 2.21. The maximum Gasteiger partial charge on any atom is 0.271 e. The quantitative estimate of drug-likeness (QED) is 0.374. The minimum absolute atomic E-state index is 0.308. The van der Waals surface area contributed by atoms with Gasteiger partial charge in [0.1, 0.15) is 0 Å². The highest BCUT2D eigenvalue weighted by molar-refractivity contribution is 7.75. The Morgan fingerprint density at radius 1 is 1.08 bits per heavy atom. The Bertz CT molecular complexity index is 995. The van der Waals surface area contributed by atoms with E-state index in [-0.39, 0.29) is 11.4 Å². The number of hydrogen-bond donors (Lipinski definition) is 1. The van der Waals surface area contributed by atoms with E-state index >= 15 is 0 Å². The number of nitrogens with zero attached hydrogens (tertiary/aromatic N) is 1. The second kappa shape index (κ2) is 7.92. The van der Waals surface area contributed by atoms with E-state index in [9.17, 15) is 23.3 Å². The molecule has 0 bridgehead atoms. The van der Waals surface area contributed by atoms with Gasteiger partial charge in [0.25, 0.3) is 5.91 Å². The molecule has 0 aliphatic rings. The molecule has 2 rings (SSSR count). The van der Waals surface area contributed by atoms with Gasteiger partial charge in [0, 0.05) is 21.7 Å². The van der Waals surface area contributed by atoms with Crippen molar-refractivity contribution < 1.29 is 18.1 Å². The van der Waals surface area contributed by atoms with E-state index in [0.29, 0.717) is 33.5 Å². The monoisotopic (exact) mass is 374 g/mol. The average Bonchev–Trinajstić information content (AvgIpc) is 2.52. The van der Waals surface area contributed by atoms with Gasteiger partial charge >= 0.3 is 0 Å². The summed E-state index contributed by atoms with van der Waals surface area (Å²) in [4.78, 5) is 22.5. The average molecular weight is 374 g/mol. The van der Waals surface area contributed by atoms with Gasteiger partial charge in [-0.2, -0.15) is 8.42 Å². The molecule has 0 saturated carbocycles. The summed E-state index contributed by atoms with van der Waals surface area (Å²) in [6, 6.07) is 9.87. The summed E-state index contributed by atoms with van der Waals surface area (Å²) in [5.74, 6) is -0.756. The van der Waals surface area contributed by atoms with Crippen LogP contribution in [0.4, 0.5) is 5.69 Å². The number of carbonyl (C=O) groups is 1. The zero-order valence-electron chi connectivity index (χ0n) is 14.6. The summed E-state index contributed by atoms with van der Waals surface area (Å²) in [6.07, 6.45) is 0. The van der Waals surface area contributed by atoms with Crippen molar-refractivity contribution in [2.75, 3.05) is 5.32 Å². The number of rotatable bonds is 5. The lowest BCUT2D eigenvalue weighted by Gasteiger charge is -2.12. The molecule has 0 fully saturated rings. The van der Waals surface area contributed by atoms with Crippen LogP contribution in [0, 0.1) is 30.9 Å². The molecule has 0 spiro atoms. The predicted molar refractivity (Wildman–Crippen MR) is 99.5 cm³/mol. The number of amides is 1. The second-order valence-electron chi connectivity index (χ2n) is 5.91. The molecule has 1 N–H and O–H groups in total. The van der Waals surface area contributed by atoms with Crippen LogP contribution in [0.2, 0.25) is 0 Å². The first kappa shape index (κ1) is 19.3. The largest absolute Gasteiger partial charge is 0.321 e. The summed E-state index contributed by atoms with van der Waals surface area (Å²) >= 11 is 0. The number of hydrogen-bond acceptors (Lipinski definition) is 5. The summed E-state index contributed by atoms with van der Waals surface area (Å²) in [5, 5.41) is 13.3. The van der Waals surface area contributed by atoms with Gasteiger partial charge in [-0.15, -0.1) is 0 Å². The van der Waals surface area contributed by atoms with E-state index in [4.69, 9.17) is 0 Å². The van der Waals surface area contributed by atoms with Crippen LogP contribution >= 0.6 is 0 Å². The maximum absolute atomic E-state index is 12.5. The van der Waals surface area contributed by atoms with Crippen LogP contribution in [0.5, 0.6) is 0 Å². The normalized spacial score (nSPS) is 10.3. The maximum atomic E-state index is 12.5. The van der Waals surface area contributed by atoms with Gasteiger partial charge in [0.2, 0.25) is 16.8 Å². The minimum atomic E-state index is -2.73. The molecule has 7 nitrogen and oxygen atoms in total. The van der Waals surface area contributed by atoms with Crippen LogP contribution in [0.1, 0.15) is 27.8 Å². The van der Waals surface area contributed by atoms with E-state index in [0.717, 1.165) is 0 Å². The molecule has 0 aliphatic carbocycles. The first-order valence-corrected chi connectivity index (χ1v) is 8.83. The molecule has 2 aromatic rings. The van der Waals surface area contributed by atoms with Crippen molar-refractivity contribution in [2.45, 2.75) is 27.3 Å². The molecule has 8 heteroatoms. The standard InChI is InChI=1S/C18H18N2O5S/c1-11-6-4-5-7-15(11)17(26(24)25)18(21)19-14-8-12(2)16(10-20(22)23)13(3)9-14/h4-9H,10H2,1-3H3,(H,19,21). The van der Waals surface area contributed by atoms with E-state index < -0.39 is 21.1 Å². The first-order valence-electron chi connectivity index (χ1n) is 7.76. The summed E-state index contributed by atoms with van der Waals surface area (Å²) in [5.41, 5.74) is 3.25. The molecule has 1 amide bonds. The summed E-state index contributed by atoms with van der Waals surface area (Å²) in [7, 11) is -2.73. The lowest BCUT2D eigenvalue weighted by Crippen LogP contribution is -2.25. The van der Waals surface area contributed by atoms with Gasteiger partial charge in [0.15, 0.2) is 4.86 Å². The van der Waals surface area contributed by atoms with Crippen LogP contribution in [0.15, 0.2) is 36.4 Å². The molecule has 0 radical (unpaired) electrons. The molecular weight excluding hydrogens is 356 g/mol. The number of nitrogens with one attached hydrogen (secondary N) is 1. The lowest BCUT2D eigenvalue weighted by molar-refractivity contribution is -0.497. The van der Waals surface area contributed by atoms with E-state index in [1.165, 1.54) is 0 Å². The van der Waals surface area contributed by atoms with Crippen LogP contribution in [0.3, 0.4) is 0 Å². The van der Waals surface area contributed by atoms with Crippen molar-refractivity contribution in [3.05, 3.63) is 74.3 Å². The number of anilines is 1. The third kappa shape index (κ3) is 4.34. The number of benzene rings is 2. The topological polar surface area (TPSA) is 106 Å². The molecule has 0 atom stereocenters. The predicted octanol–water partition coefficient (Wildman–Crippen LogP) is 2.43. The van der Waals surface area contributed by atoms with Crippen molar-refractivity contribution in [1.82, 2.24) is 0 Å². The van der Waals surface area contributed by atoms with Crippen molar-refractivity contribution >= 4 is 26.8 Å². The highest BCUT2D eigenvalue weighted by atomic mass is 32.2. The molecular formula is C18H18N2O5S. The molecule has 0 unspecified atom stereocenters. The van der Waals surface area contributed by atoms with E-state index in [1.54, 1.807) is 57.2 Å². The zero-order valence-corrected chi connectivity index (χ0v) is 15.4. The van der Waals surface area contributed by atoms with Crippen LogP contribution in [-0.4, -0.2) is 24.1 Å². The van der Waals surface area contributed by atoms with Gasteiger partial charge in [-0.3, -0.25) is 14.9 Å². The van der Waals surface area contributed by atoms with Crippen molar-refractivity contribution in [3.63, 3.8) is 0 Å². The highest BCUT2D eigenvalue weighted by Gasteiger charge is 2.19. The first-order chi connectivity index (χ1) is 12.2. The van der Waals surface area contributed by atoms with Crippen molar-refractivity contribution in [2.24, 2.45) is 0 Å². The van der Waals surface area contributed by atoms with Gasteiger partial charge < -0.3 is 5.32 Å². The van der Waals surface area contributed by atoms with Gasteiger partial charge in [-0.05, 0) is 49.6 Å². The van der Waals surface area contributed by atoms with Crippen LogP contribution in [-0.2, 0) is 21.6 Å². The van der Waals surface area contributed by atoms with E-state index in [2.05, 4.69) is 5.32 Å². The lowest BCUT2D eigenvalue weighted by atomic mass is 10.0. The third-order valence-corrected chi connectivity index (χ3v) is 4.74. The molecule has 0 aromatic heterocycles. The molecule has 26 heavy (non-hydrogen) atoms. The van der Waals surface area contributed by atoms with Crippen LogP contribution < -0.4 is 5.32 Å². The Kier molecular flexibility index (Phi) is 5.89. The molecule has 0 aliphatic heterocycles. The molecule has 136 valence electrons. The second-order valence-corrected chi connectivity index (χ2v) is 6.79. The number of nitro groups is 1. The fourth-order valence-electron chi connectivity index (χ4n) is 2.75. The summed E-state index contributed by atoms with van der Waals surface area (Å²) in [6.45, 7) is 4.83. The van der Waals surface area contributed by atoms with Gasteiger partial charge in [0.05, 0.1) is 0 Å². The summed E-state index contributed by atoms with van der Waals surface area (Å²) < 4.78 is 23.2. The molecule has 0 saturated heterocycles. The Balaban J connectivity index is 2.39. The van der Waals surface area contributed by atoms with Gasteiger partial charge in [-0.25, -0.2) is 0 Å². The van der Waals surface area contributed by atoms with Crippen molar-refractivity contribution in [1.29, 1.82) is 0 Å². The van der Waals surface area contributed by atoms with E-state index in [1.807, 2.05) is 0 Å². The number of carbonyl (C=O) groups excluding carboxylic acids is 1. The minimum Gasteiger partial charge on any atom is -0.321 e. The Morgan fingerprint density at radius 3 is 2.15 bits per heavy atom. The molecule has 2 aromatic carbocycles. The number of aryl methyl sites for hydroxylation is 3. The van der Waals surface area contributed by atoms with Gasteiger partial charge in [-0.1, -0.05) is 24.3 Å². The smallest absolute Gasteiger partial charge is 0.271 e. The third-order valence-electron chi connectivity index (χ3n) is 4.00. The SMILES string of the molecule is Cc1ccccc1C(C(=O)Nc1cc(C)c(C[N+](=O)[O-])c(C)c1)=S(=O)=O. The Labute approximate surface area is 152 Å². The fourth-order valence-corrected chi connectivity index (χ4v) is 3.36.